The summed E-state index contributed by atoms with van der Waals surface area (Å²) in [5.41, 5.74) is 8.42. The molecule has 0 aliphatic carbocycles. The second kappa shape index (κ2) is 11.0. The molecule has 35 heavy (non-hydrogen) atoms. The van der Waals surface area contributed by atoms with Gasteiger partial charge in [-0.3, -0.25) is 9.59 Å². The summed E-state index contributed by atoms with van der Waals surface area (Å²) in [5, 5.41) is 15.6. The van der Waals surface area contributed by atoms with Crippen LogP contribution in [0.1, 0.15) is 37.6 Å². The van der Waals surface area contributed by atoms with E-state index in [-0.39, 0.29) is 22.9 Å². The van der Waals surface area contributed by atoms with Crippen LogP contribution >= 0.6 is 11.8 Å². The van der Waals surface area contributed by atoms with Crippen LogP contribution in [0.15, 0.2) is 88.5 Å². The molecule has 0 saturated carbocycles. The third kappa shape index (κ3) is 6.07. The topological polar surface area (TPSA) is 134 Å². The van der Waals surface area contributed by atoms with E-state index in [1.807, 2.05) is 12.1 Å². The molecule has 0 spiro atoms. The number of carbonyl (C=O) groups excluding carboxylic acids is 2. The van der Waals surface area contributed by atoms with E-state index in [2.05, 4.69) is 21.7 Å². The lowest BCUT2D eigenvalue weighted by atomic mass is 10.1. The van der Waals surface area contributed by atoms with Crippen LogP contribution in [-0.2, 0) is 12.3 Å². The number of benzene rings is 2. The number of rotatable bonds is 8. The van der Waals surface area contributed by atoms with Gasteiger partial charge in [0, 0.05) is 17.0 Å². The van der Waals surface area contributed by atoms with E-state index in [4.69, 9.17) is 10.2 Å². The second-order valence-corrected chi connectivity index (χ2v) is 8.42. The third-order valence-corrected chi connectivity index (χ3v) is 6.04. The first-order chi connectivity index (χ1) is 17.0. The van der Waals surface area contributed by atoms with Crippen molar-refractivity contribution in [1.82, 2.24) is 10.3 Å². The monoisotopic (exact) mass is 483 g/mol. The number of amides is 2. The summed E-state index contributed by atoms with van der Waals surface area (Å²) in [5.74, 6) is 0.491. The molecule has 0 aliphatic rings. The minimum absolute atomic E-state index is 0.0333. The highest BCUT2D eigenvalue weighted by molar-refractivity contribution is 7.98. The van der Waals surface area contributed by atoms with Gasteiger partial charge in [0.2, 0.25) is 0 Å². The van der Waals surface area contributed by atoms with Crippen LogP contribution in [0, 0.1) is 11.3 Å². The number of aromatic nitrogens is 1. The highest BCUT2D eigenvalue weighted by Crippen LogP contribution is 2.28. The van der Waals surface area contributed by atoms with Crippen LogP contribution < -0.4 is 16.4 Å². The largest absolute Gasteiger partial charge is 0.467 e. The van der Waals surface area contributed by atoms with Crippen molar-refractivity contribution in [2.45, 2.75) is 17.3 Å². The quantitative estimate of drug-likeness (QED) is 0.312. The zero-order chi connectivity index (χ0) is 24.6. The number of thioether (sulfide) groups is 1. The maximum atomic E-state index is 12.6. The van der Waals surface area contributed by atoms with Gasteiger partial charge in [-0.15, -0.1) is 11.8 Å². The maximum absolute atomic E-state index is 12.6. The number of nitrogen functional groups attached to an aromatic ring is 1. The molecule has 8 nitrogen and oxygen atoms in total. The van der Waals surface area contributed by atoms with Gasteiger partial charge < -0.3 is 20.8 Å². The normalized spacial score (nSPS) is 10.4. The number of hydrogen-bond acceptors (Lipinski definition) is 7. The molecular formula is C26H21N5O3S. The number of nitrogens with zero attached hydrogens (tertiary/aromatic N) is 2. The van der Waals surface area contributed by atoms with Crippen LogP contribution in [0.4, 0.5) is 11.5 Å². The fourth-order valence-electron chi connectivity index (χ4n) is 3.24. The Labute approximate surface area is 206 Å². The van der Waals surface area contributed by atoms with Gasteiger partial charge >= 0.3 is 0 Å². The molecule has 2 aromatic heterocycles. The zero-order valence-electron chi connectivity index (χ0n) is 18.5. The first kappa shape index (κ1) is 23.6. The van der Waals surface area contributed by atoms with Crippen molar-refractivity contribution in [3.63, 3.8) is 0 Å². The number of hydrogen-bond donors (Lipinski definition) is 3. The second-order valence-electron chi connectivity index (χ2n) is 7.46. The molecule has 174 valence electrons. The van der Waals surface area contributed by atoms with E-state index in [1.54, 1.807) is 60.9 Å². The molecular weight excluding hydrogens is 462 g/mol. The van der Waals surface area contributed by atoms with Crippen molar-refractivity contribution in [1.29, 1.82) is 5.26 Å². The predicted octanol–water partition coefficient (Wildman–Crippen LogP) is 4.60. The fourth-order valence-corrected chi connectivity index (χ4v) is 4.14. The van der Waals surface area contributed by atoms with E-state index in [0.717, 1.165) is 5.56 Å². The highest BCUT2D eigenvalue weighted by Gasteiger charge is 2.17. The van der Waals surface area contributed by atoms with Gasteiger partial charge in [0.05, 0.1) is 23.9 Å². The molecule has 0 atom stereocenters. The summed E-state index contributed by atoms with van der Waals surface area (Å²) in [7, 11) is 0. The van der Waals surface area contributed by atoms with Crippen LogP contribution in [0.5, 0.6) is 0 Å². The van der Waals surface area contributed by atoms with Crippen molar-refractivity contribution in [2.75, 3.05) is 11.1 Å². The smallest absolute Gasteiger partial charge is 0.259 e. The number of anilines is 2. The Hall–Kier alpha value is -4.55. The van der Waals surface area contributed by atoms with Crippen molar-refractivity contribution < 1.29 is 14.0 Å². The van der Waals surface area contributed by atoms with Crippen molar-refractivity contribution in [3.05, 3.63) is 107 Å². The molecule has 0 radical (unpaired) electrons. The average Bonchev–Trinajstić information content (AvgIpc) is 3.40. The van der Waals surface area contributed by atoms with E-state index in [9.17, 15) is 14.9 Å². The van der Waals surface area contributed by atoms with Crippen molar-refractivity contribution in [3.8, 4) is 6.07 Å². The van der Waals surface area contributed by atoms with Crippen molar-refractivity contribution >= 4 is 35.1 Å². The molecule has 0 saturated heterocycles. The van der Waals surface area contributed by atoms with Gasteiger partial charge in [-0.25, -0.2) is 4.98 Å². The van der Waals surface area contributed by atoms with Crippen LogP contribution in [0.25, 0.3) is 0 Å². The standard InChI is InChI=1S/C26H21N5O3S/c27-14-19-13-22(25(33)30-20-8-2-1-3-9-20)23(28)31-26(19)35-16-17-6-4-7-18(12-17)24(32)29-15-21-10-5-11-34-21/h1-13H,15-16H2,(H2,28,31)(H,29,32)(H,30,33). The summed E-state index contributed by atoms with van der Waals surface area (Å²) in [6.45, 7) is 0.295. The summed E-state index contributed by atoms with van der Waals surface area (Å²) in [4.78, 5) is 29.4. The molecule has 4 aromatic rings. The van der Waals surface area contributed by atoms with Crippen LogP contribution in [0.2, 0.25) is 0 Å². The van der Waals surface area contributed by atoms with Gasteiger partial charge in [-0.1, -0.05) is 30.3 Å². The van der Waals surface area contributed by atoms with Gasteiger partial charge in [0.25, 0.3) is 11.8 Å². The molecule has 0 fully saturated rings. The highest BCUT2D eigenvalue weighted by atomic mass is 32.2. The molecule has 2 amide bonds. The third-order valence-electron chi connectivity index (χ3n) is 4.98. The van der Waals surface area contributed by atoms with E-state index >= 15 is 0 Å². The lowest BCUT2D eigenvalue weighted by Crippen LogP contribution is -2.22. The van der Waals surface area contributed by atoms with Crippen LogP contribution in [0.3, 0.4) is 0 Å². The number of nitrogens with two attached hydrogens (primary N) is 1. The Morgan fingerprint density at radius 1 is 1.03 bits per heavy atom. The molecule has 4 rings (SSSR count). The molecule has 9 heteroatoms. The Morgan fingerprint density at radius 2 is 1.86 bits per heavy atom. The maximum Gasteiger partial charge on any atom is 0.259 e. The predicted molar refractivity (Wildman–Crippen MR) is 134 cm³/mol. The number of pyridine rings is 1. The molecule has 0 unspecified atom stereocenters. The first-order valence-corrected chi connectivity index (χ1v) is 11.6. The Morgan fingerprint density at radius 3 is 2.60 bits per heavy atom. The van der Waals surface area contributed by atoms with Crippen molar-refractivity contribution in [2.24, 2.45) is 0 Å². The fraction of sp³-hybridized carbons (Fsp3) is 0.0769. The van der Waals surface area contributed by atoms with E-state index in [0.29, 0.717) is 34.3 Å². The summed E-state index contributed by atoms with van der Waals surface area (Å²) in [6.07, 6.45) is 1.55. The SMILES string of the molecule is N#Cc1cc(C(=O)Nc2ccccc2)c(N)nc1SCc1cccc(C(=O)NCc2ccco2)c1. The number of nitrogens with one attached hydrogen (secondary N) is 2. The van der Waals surface area contributed by atoms with E-state index < -0.39 is 5.91 Å². The summed E-state index contributed by atoms with van der Waals surface area (Å²) >= 11 is 1.30. The van der Waals surface area contributed by atoms with E-state index in [1.165, 1.54) is 17.8 Å². The lowest BCUT2D eigenvalue weighted by Gasteiger charge is -2.11. The summed E-state index contributed by atoms with van der Waals surface area (Å²) in [6, 6.07) is 23.2. The Kier molecular flexibility index (Phi) is 7.45. The number of para-hydroxylation sites is 1. The number of furan rings is 1. The van der Waals surface area contributed by atoms with Crippen LogP contribution in [-0.4, -0.2) is 16.8 Å². The molecule has 4 N–H and O–H groups in total. The lowest BCUT2D eigenvalue weighted by molar-refractivity contribution is 0.0947. The summed E-state index contributed by atoms with van der Waals surface area (Å²) < 4.78 is 5.23. The number of carbonyl (C=O) groups is 2. The molecule has 0 aliphatic heterocycles. The van der Waals surface area contributed by atoms with Gasteiger partial charge in [0.15, 0.2) is 0 Å². The van der Waals surface area contributed by atoms with Gasteiger partial charge in [0.1, 0.15) is 22.7 Å². The molecule has 2 aromatic carbocycles. The van der Waals surface area contributed by atoms with Gasteiger partial charge in [-0.05, 0) is 48.0 Å². The average molecular weight is 484 g/mol. The molecule has 0 bridgehead atoms. The minimum atomic E-state index is -0.442. The minimum Gasteiger partial charge on any atom is -0.467 e. The molecule has 2 heterocycles. The number of nitriles is 1. The Bertz CT molecular complexity index is 1380. The first-order valence-electron chi connectivity index (χ1n) is 10.6. The Balaban J connectivity index is 1.43. The van der Waals surface area contributed by atoms with Gasteiger partial charge in [-0.2, -0.15) is 5.26 Å². The zero-order valence-corrected chi connectivity index (χ0v) is 19.3.